The van der Waals surface area contributed by atoms with Gasteiger partial charge in [0.1, 0.15) is 0 Å². The number of hydrogen-bond acceptors (Lipinski definition) is 2. The number of likely N-dealkylation sites (N-methyl/N-ethyl adjacent to an activating group) is 1. The van der Waals surface area contributed by atoms with Gasteiger partial charge in [0.15, 0.2) is 5.11 Å². The zero-order chi connectivity index (χ0) is 16.9. The number of nitrogens with one attached hydrogen (secondary N) is 1. The first kappa shape index (κ1) is 16.9. The third-order valence-corrected chi connectivity index (χ3v) is 5.02. The molecule has 0 aromatic heterocycles. The van der Waals surface area contributed by atoms with Crippen LogP contribution in [0.1, 0.15) is 30.1 Å². The normalized spacial score (nSPS) is 19.8. The summed E-state index contributed by atoms with van der Waals surface area (Å²) in [4.78, 5) is 4.71. The van der Waals surface area contributed by atoms with E-state index in [-0.39, 0.29) is 6.04 Å². The monoisotopic (exact) mass is 339 g/mol. The molecule has 4 heteroatoms. The molecule has 1 aliphatic heterocycles. The van der Waals surface area contributed by atoms with Gasteiger partial charge in [-0.2, -0.15) is 0 Å². The van der Waals surface area contributed by atoms with E-state index in [2.05, 4.69) is 83.7 Å². The minimum atomic E-state index is 0.203. The Morgan fingerprint density at radius 2 is 1.67 bits per heavy atom. The van der Waals surface area contributed by atoms with Crippen LogP contribution in [0.2, 0.25) is 0 Å². The number of rotatable bonds is 3. The number of nitrogens with zero attached hydrogens (tertiary/aromatic N) is 2. The van der Waals surface area contributed by atoms with E-state index < -0.39 is 0 Å². The molecule has 24 heavy (non-hydrogen) atoms. The highest BCUT2D eigenvalue weighted by Crippen LogP contribution is 2.25. The third kappa shape index (κ3) is 3.94. The summed E-state index contributed by atoms with van der Waals surface area (Å²) in [6, 6.07) is 21.6. The van der Waals surface area contributed by atoms with Gasteiger partial charge in [0, 0.05) is 19.6 Å². The van der Waals surface area contributed by atoms with Crippen molar-refractivity contribution < 1.29 is 0 Å². The molecule has 1 heterocycles. The fourth-order valence-electron chi connectivity index (χ4n) is 3.22. The summed E-state index contributed by atoms with van der Waals surface area (Å²) in [6.45, 7) is 5.13. The van der Waals surface area contributed by atoms with E-state index in [1.807, 2.05) is 6.07 Å². The molecule has 1 saturated heterocycles. The van der Waals surface area contributed by atoms with Gasteiger partial charge in [0.05, 0.1) is 12.1 Å². The van der Waals surface area contributed by atoms with Crippen LogP contribution in [0.5, 0.6) is 0 Å². The highest BCUT2D eigenvalue weighted by Gasteiger charge is 2.28. The lowest BCUT2D eigenvalue weighted by atomic mass is 10.0. The maximum absolute atomic E-state index is 5.76. The highest BCUT2D eigenvalue weighted by atomic mass is 32.1. The molecule has 0 aliphatic carbocycles. The molecule has 0 unspecified atom stereocenters. The van der Waals surface area contributed by atoms with Gasteiger partial charge in [0.25, 0.3) is 0 Å². The Morgan fingerprint density at radius 1 is 1.04 bits per heavy atom. The van der Waals surface area contributed by atoms with Crippen molar-refractivity contribution in [1.29, 1.82) is 0 Å². The maximum atomic E-state index is 5.76. The molecule has 2 aromatic carbocycles. The van der Waals surface area contributed by atoms with Gasteiger partial charge in [-0.15, -0.1) is 0 Å². The van der Waals surface area contributed by atoms with E-state index in [1.165, 1.54) is 11.1 Å². The van der Waals surface area contributed by atoms with Crippen LogP contribution in [0.25, 0.3) is 0 Å². The standard InChI is InChI=1S/C20H25N3S/c1-16(17-9-5-3-6-10-17)21-20(24)23-14-13-22(2)15-19(23)18-11-7-4-8-12-18/h3-12,16,19H,13-15H2,1-2H3,(H,21,24)/t16-,19-/m1/s1. The molecular weight excluding hydrogens is 314 g/mol. The topological polar surface area (TPSA) is 18.5 Å². The minimum Gasteiger partial charge on any atom is -0.356 e. The highest BCUT2D eigenvalue weighted by molar-refractivity contribution is 7.80. The molecular formula is C20H25N3S. The predicted molar refractivity (Wildman–Crippen MR) is 104 cm³/mol. The first-order valence-corrected chi connectivity index (χ1v) is 8.91. The van der Waals surface area contributed by atoms with Crippen LogP contribution in [0.3, 0.4) is 0 Å². The second kappa shape index (κ2) is 7.77. The Kier molecular flexibility index (Phi) is 5.48. The van der Waals surface area contributed by atoms with Gasteiger partial charge in [-0.25, -0.2) is 0 Å². The molecule has 0 bridgehead atoms. The van der Waals surface area contributed by atoms with Gasteiger partial charge >= 0.3 is 0 Å². The van der Waals surface area contributed by atoms with Crippen molar-refractivity contribution in [1.82, 2.24) is 15.1 Å². The molecule has 2 atom stereocenters. The summed E-state index contributed by atoms with van der Waals surface area (Å²) >= 11 is 5.76. The van der Waals surface area contributed by atoms with Crippen LogP contribution < -0.4 is 5.32 Å². The van der Waals surface area contributed by atoms with E-state index >= 15 is 0 Å². The molecule has 126 valence electrons. The molecule has 0 saturated carbocycles. The van der Waals surface area contributed by atoms with Crippen molar-refractivity contribution in [3.63, 3.8) is 0 Å². The van der Waals surface area contributed by atoms with Crippen LogP contribution in [0.15, 0.2) is 60.7 Å². The van der Waals surface area contributed by atoms with Gasteiger partial charge in [0.2, 0.25) is 0 Å². The smallest absolute Gasteiger partial charge is 0.170 e. The number of hydrogen-bond donors (Lipinski definition) is 1. The SMILES string of the molecule is C[C@@H](NC(=S)N1CCN(C)C[C@@H]1c1ccccc1)c1ccccc1. The van der Waals surface area contributed by atoms with Crippen molar-refractivity contribution >= 4 is 17.3 Å². The van der Waals surface area contributed by atoms with Crippen molar-refractivity contribution in [3.05, 3.63) is 71.8 Å². The van der Waals surface area contributed by atoms with E-state index in [0.717, 1.165) is 24.7 Å². The molecule has 1 N–H and O–H groups in total. The Bertz CT molecular complexity index is 659. The lowest BCUT2D eigenvalue weighted by molar-refractivity contribution is 0.149. The average molecular weight is 340 g/mol. The zero-order valence-electron chi connectivity index (χ0n) is 14.4. The summed E-state index contributed by atoms with van der Waals surface area (Å²) in [6.07, 6.45) is 0. The number of piperazine rings is 1. The summed E-state index contributed by atoms with van der Waals surface area (Å²) in [7, 11) is 2.18. The quantitative estimate of drug-likeness (QED) is 0.861. The average Bonchev–Trinajstić information content (AvgIpc) is 2.63. The Hall–Kier alpha value is -1.91. The number of thiocarbonyl (C=S) groups is 1. The first-order valence-electron chi connectivity index (χ1n) is 8.50. The fourth-order valence-corrected chi connectivity index (χ4v) is 3.61. The molecule has 0 amide bonds. The first-order chi connectivity index (χ1) is 11.6. The molecule has 3 rings (SSSR count). The van der Waals surface area contributed by atoms with Crippen molar-refractivity contribution in [2.45, 2.75) is 19.0 Å². The Morgan fingerprint density at radius 3 is 2.33 bits per heavy atom. The van der Waals surface area contributed by atoms with Crippen molar-refractivity contribution in [2.75, 3.05) is 26.7 Å². The van der Waals surface area contributed by atoms with Gasteiger partial charge in [-0.05, 0) is 37.3 Å². The maximum Gasteiger partial charge on any atom is 0.170 e. The summed E-state index contributed by atoms with van der Waals surface area (Å²) in [5, 5.41) is 4.36. The van der Waals surface area contributed by atoms with Crippen molar-refractivity contribution in [3.8, 4) is 0 Å². The molecule has 1 fully saturated rings. The van der Waals surface area contributed by atoms with Crippen LogP contribution in [-0.4, -0.2) is 41.6 Å². The van der Waals surface area contributed by atoms with Gasteiger partial charge in [-0.1, -0.05) is 60.7 Å². The van der Waals surface area contributed by atoms with Crippen LogP contribution in [-0.2, 0) is 0 Å². The Labute approximate surface area is 150 Å². The zero-order valence-corrected chi connectivity index (χ0v) is 15.2. The van der Waals surface area contributed by atoms with E-state index in [1.54, 1.807) is 0 Å². The summed E-state index contributed by atoms with van der Waals surface area (Å²) < 4.78 is 0. The van der Waals surface area contributed by atoms with E-state index in [4.69, 9.17) is 12.2 Å². The lowest BCUT2D eigenvalue weighted by Gasteiger charge is -2.42. The van der Waals surface area contributed by atoms with Gasteiger partial charge < -0.3 is 15.1 Å². The summed E-state index contributed by atoms with van der Waals surface area (Å²) in [5.41, 5.74) is 2.57. The van der Waals surface area contributed by atoms with Crippen molar-refractivity contribution in [2.24, 2.45) is 0 Å². The minimum absolute atomic E-state index is 0.203. The lowest BCUT2D eigenvalue weighted by Crippen LogP contribution is -2.52. The summed E-state index contributed by atoms with van der Waals surface area (Å²) in [5.74, 6) is 0. The van der Waals surface area contributed by atoms with E-state index in [9.17, 15) is 0 Å². The fraction of sp³-hybridized carbons (Fsp3) is 0.350. The van der Waals surface area contributed by atoms with Gasteiger partial charge in [-0.3, -0.25) is 0 Å². The third-order valence-electron chi connectivity index (χ3n) is 4.67. The second-order valence-electron chi connectivity index (χ2n) is 6.46. The van der Waals surface area contributed by atoms with E-state index in [0.29, 0.717) is 6.04 Å². The molecule has 1 aliphatic rings. The van der Waals surface area contributed by atoms with Crippen LogP contribution >= 0.6 is 12.2 Å². The van der Waals surface area contributed by atoms with Crippen LogP contribution in [0.4, 0.5) is 0 Å². The molecule has 0 spiro atoms. The van der Waals surface area contributed by atoms with Crippen LogP contribution in [0, 0.1) is 0 Å². The second-order valence-corrected chi connectivity index (χ2v) is 6.85. The largest absolute Gasteiger partial charge is 0.356 e. The molecule has 0 radical (unpaired) electrons. The number of benzene rings is 2. The predicted octanol–water partition coefficient (Wildman–Crippen LogP) is 3.61. The Balaban J connectivity index is 1.74. The molecule has 2 aromatic rings. The molecule has 3 nitrogen and oxygen atoms in total.